The van der Waals surface area contributed by atoms with Gasteiger partial charge in [-0.2, -0.15) is 0 Å². The maximum atomic E-state index is 13.3. The average molecular weight is 548 g/mol. The molecule has 3 fully saturated rings. The first-order valence-corrected chi connectivity index (χ1v) is 13.4. The summed E-state index contributed by atoms with van der Waals surface area (Å²) in [6.45, 7) is 4.28. The fourth-order valence-electron chi connectivity index (χ4n) is 6.20. The third-order valence-corrected chi connectivity index (χ3v) is 8.47. The van der Waals surface area contributed by atoms with Crippen LogP contribution in [0.4, 0.5) is 0 Å². The molecule has 1 N–H and O–H groups in total. The van der Waals surface area contributed by atoms with Gasteiger partial charge in [0.15, 0.2) is 0 Å². The van der Waals surface area contributed by atoms with Crippen LogP contribution >= 0.6 is 24.8 Å². The molecule has 1 atom stereocenters. The highest BCUT2D eigenvalue weighted by Crippen LogP contribution is 2.42. The van der Waals surface area contributed by atoms with E-state index in [1.165, 1.54) is 18.4 Å². The van der Waals surface area contributed by atoms with Crippen LogP contribution in [0.5, 0.6) is 0 Å². The van der Waals surface area contributed by atoms with Crippen molar-refractivity contribution >= 4 is 36.6 Å². The molecule has 1 spiro atoms. The number of carbonyl (C=O) groups is 2. The van der Waals surface area contributed by atoms with Crippen LogP contribution in [-0.2, 0) is 16.1 Å². The summed E-state index contributed by atoms with van der Waals surface area (Å²) in [7, 11) is 0. The van der Waals surface area contributed by atoms with Gasteiger partial charge in [0.1, 0.15) is 0 Å². The van der Waals surface area contributed by atoms with Crippen molar-refractivity contribution in [1.82, 2.24) is 20.1 Å². The number of piperidine rings is 1. The molecule has 3 heterocycles. The quantitative estimate of drug-likeness (QED) is 0.495. The zero-order valence-electron chi connectivity index (χ0n) is 21.5. The molecule has 2 aromatic rings. The molecule has 5 rings (SSSR count). The van der Waals surface area contributed by atoms with Crippen molar-refractivity contribution in [3.8, 4) is 0 Å². The highest BCUT2D eigenvalue weighted by molar-refractivity contribution is 5.86. The number of rotatable bonds is 8. The van der Waals surface area contributed by atoms with Crippen LogP contribution in [0.1, 0.15) is 68.7 Å². The maximum absolute atomic E-state index is 13.3. The molecule has 2 aliphatic heterocycles. The van der Waals surface area contributed by atoms with Crippen molar-refractivity contribution in [2.24, 2.45) is 11.3 Å². The minimum atomic E-state index is -0.194. The number of halogens is 2. The van der Waals surface area contributed by atoms with Gasteiger partial charge < -0.3 is 15.1 Å². The third kappa shape index (κ3) is 7.04. The topological polar surface area (TPSA) is 65.5 Å². The molecule has 1 aromatic carbocycles. The number of pyridine rings is 1. The van der Waals surface area contributed by atoms with Gasteiger partial charge in [-0.25, -0.2) is 0 Å². The van der Waals surface area contributed by atoms with E-state index in [1.807, 2.05) is 29.2 Å². The van der Waals surface area contributed by atoms with Crippen molar-refractivity contribution in [2.75, 3.05) is 26.2 Å². The van der Waals surface area contributed by atoms with Crippen LogP contribution in [0.15, 0.2) is 54.7 Å². The number of carbonyl (C=O) groups excluding carboxylic acids is 2. The Labute approximate surface area is 233 Å². The normalized spacial score (nSPS) is 20.3. The van der Waals surface area contributed by atoms with Gasteiger partial charge >= 0.3 is 0 Å². The highest BCUT2D eigenvalue weighted by atomic mass is 35.5. The van der Waals surface area contributed by atoms with Gasteiger partial charge in [-0.1, -0.05) is 49.2 Å². The van der Waals surface area contributed by atoms with Crippen molar-refractivity contribution in [3.63, 3.8) is 0 Å². The van der Waals surface area contributed by atoms with Gasteiger partial charge in [-0.05, 0) is 69.3 Å². The first kappa shape index (κ1) is 29.4. The van der Waals surface area contributed by atoms with Crippen LogP contribution < -0.4 is 5.32 Å². The summed E-state index contributed by atoms with van der Waals surface area (Å²) < 4.78 is 0. The molecule has 202 valence electrons. The zero-order chi connectivity index (χ0) is 24.1. The Kier molecular flexibility index (Phi) is 10.8. The van der Waals surface area contributed by atoms with E-state index in [0.717, 1.165) is 70.4 Å². The Morgan fingerprint density at radius 1 is 0.973 bits per heavy atom. The molecule has 8 heteroatoms. The molecule has 3 aliphatic rings. The first-order valence-electron chi connectivity index (χ1n) is 13.4. The fourth-order valence-corrected chi connectivity index (χ4v) is 6.20. The van der Waals surface area contributed by atoms with E-state index in [2.05, 4.69) is 39.5 Å². The second-order valence-electron chi connectivity index (χ2n) is 10.7. The molecule has 6 nitrogen and oxygen atoms in total. The summed E-state index contributed by atoms with van der Waals surface area (Å²) in [5.41, 5.74) is 1.95. The molecule has 1 aromatic heterocycles. The summed E-state index contributed by atoms with van der Waals surface area (Å²) in [5.74, 6) is 0.714. The molecule has 0 bridgehead atoms. The second-order valence-corrected chi connectivity index (χ2v) is 10.7. The van der Waals surface area contributed by atoms with E-state index < -0.39 is 0 Å². The van der Waals surface area contributed by atoms with Crippen LogP contribution in [0.25, 0.3) is 0 Å². The Balaban J connectivity index is 0.00000190. The molecular weight excluding hydrogens is 507 g/mol. The lowest BCUT2D eigenvalue weighted by Crippen LogP contribution is -2.45. The van der Waals surface area contributed by atoms with Crippen LogP contribution in [-0.4, -0.2) is 52.8 Å². The standard InChI is InChI=1S/C29H38N4O2.2ClH/c34-27(24-10-4-5-11-24)31-26(23-8-2-1-3-9-23)13-18-32-19-14-29(15-20-32)16-21-33(28(29)35)22-25-12-6-7-17-30-25;;/h1-3,6-9,12,17,24,26H,4-5,10-11,13-16,18-22H2,(H,31,34);2*1H/t26-;;/m0../s1. The van der Waals surface area contributed by atoms with Gasteiger partial charge in [0.25, 0.3) is 0 Å². The monoisotopic (exact) mass is 546 g/mol. The lowest BCUT2D eigenvalue weighted by molar-refractivity contribution is -0.139. The largest absolute Gasteiger partial charge is 0.349 e. The van der Waals surface area contributed by atoms with E-state index in [-0.39, 0.29) is 48.1 Å². The van der Waals surface area contributed by atoms with E-state index in [4.69, 9.17) is 0 Å². The molecule has 1 saturated carbocycles. The molecule has 2 saturated heterocycles. The van der Waals surface area contributed by atoms with E-state index in [9.17, 15) is 9.59 Å². The number of nitrogens with zero attached hydrogens (tertiary/aromatic N) is 3. The molecular formula is C29H40Cl2N4O2. The molecule has 0 radical (unpaired) electrons. The summed E-state index contributed by atoms with van der Waals surface area (Å²) in [5, 5.41) is 3.37. The van der Waals surface area contributed by atoms with Crippen LogP contribution in [0.3, 0.4) is 0 Å². The van der Waals surface area contributed by atoms with Gasteiger partial charge in [0, 0.05) is 25.2 Å². The van der Waals surface area contributed by atoms with E-state index in [0.29, 0.717) is 12.5 Å². The average Bonchev–Trinajstić information content (AvgIpc) is 3.54. The minimum Gasteiger partial charge on any atom is -0.349 e. The van der Waals surface area contributed by atoms with Gasteiger partial charge in [-0.15, -0.1) is 24.8 Å². The van der Waals surface area contributed by atoms with Gasteiger partial charge in [0.2, 0.25) is 11.8 Å². The summed E-state index contributed by atoms with van der Waals surface area (Å²) in [6, 6.07) is 16.3. The Morgan fingerprint density at radius 3 is 2.32 bits per heavy atom. The number of aromatic nitrogens is 1. The maximum Gasteiger partial charge on any atom is 0.229 e. The smallest absolute Gasteiger partial charge is 0.229 e. The second kappa shape index (κ2) is 13.6. The Hall–Kier alpha value is -2.15. The summed E-state index contributed by atoms with van der Waals surface area (Å²) in [6.07, 6.45) is 9.88. The molecule has 37 heavy (non-hydrogen) atoms. The van der Waals surface area contributed by atoms with E-state index >= 15 is 0 Å². The Morgan fingerprint density at radius 2 is 1.65 bits per heavy atom. The van der Waals surface area contributed by atoms with Gasteiger partial charge in [-0.3, -0.25) is 14.6 Å². The SMILES string of the molecule is Cl.Cl.O=C(N[C@@H](CCN1CCC2(CC1)CCN(Cc1ccccn1)C2=O)c1ccccc1)C1CCCC1. The predicted molar refractivity (Wildman–Crippen MR) is 151 cm³/mol. The molecule has 0 unspecified atom stereocenters. The Bertz CT molecular complexity index is 993. The minimum absolute atomic E-state index is 0. The lowest BCUT2D eigenvalue weighted by atomic mass is 9.77. The molecule has 1 aliphatic carbocycles. The lowest BCUT2D eigenvalue weighted by Gasteiger charge is -2.38. The number of hydrogen-bond donors (Lipinski definition) is 1. The number of benzene rings is 1. The predicted octanol–water partition coefficient (Wildman–Crippen LogP) is 5.18. The van der Waals surface area contributed by atoms with Crippen molar-refractivity contribution in [3.05, 3.63) is 66.0 Å². The van der Waals surface area contributed by atoms with Crippen LogP contribution in [0, 0.1) is 11.3 Å². The number of nitrogens with one attached hydrogen (secondary N) is 1. The van der Waals surface area contributed by atoms with Crippen molar-refractivity contribution in [1.29, 1.82) is 0 Å². The van der Waals surface area contributed by atoms with E-state index in [1.54, 1.807) is 6.20 Å². The number of amides is 2. The van der Waals surface area contributed by atoms with Crippen molar-refractivity contribution in [2.45, 2.75) is 64.0 Å². The summed E-state index contributed by atoms with van der Waals surface area (Å²) >= 11 is 0. The summed E-state index contributed by atoms with van der Waals surface area (Å²) in [4.78, 5) is 35.1. The number of likely N-dealkylation sites (tertiary alicyclic amines) is 2. The fraction of sp³-hybridized carbons (Fsp3) is 0.552. The van der Waals surface area contributed by atoms with Crippen LogP contribution in [0.2, 0.25) is 0 Å². The highest BCUT2D eigenvalue weighted by Gasteiger charge is 2.48. The van der Waals surface area contributed by atoms with Crippen molar-refractivity contribution < 1.29 is 9.59 Å². The van der Waals surface area contributed by atoms with Gasteiger partial charge in [0.05, 0.1) is 23.7 Å². The zero-order valence-corrected chi connectivity index (χ0v) is 23.2. The third-order valence-electron chi connectivity index (χ3n) is 8.47. The molecule has 2 amide bonds. The number of hydrogen-bond acceptors (Lipinski definition) is 4. The first-order chi connectivity index (χ1) is 17.1.